The predicted octanol–water partition coefficient (Wildman–Crippen LogP) is 6.23. The lowest BCUT2D eigenvalue weighted by Crippen LogP contribution is -2.31. The van der Waals surface area contributed by atoms with Gasteiger partial charge >= 0.3 is 0 Å². The Balaban J connectivity index is 2.14. The van der Waals surface area contributed by atoms with Crippen LogP contribution in [0.15, 0.2) is 63.7 Å². The molecule has 0 unspecified atom stereocenters. The van der Waals surface area contributed by atoms with Gasteiger partial charge in [0.2, 0.25) is 9.84 Å². The van der Waals surface area contributed by atoms with Crippen molar-refractivity contribution in [1.82, 2.24) is 0 Å². The van der Waals surface area contributed by atoms with Gasteiger partial charge in [-0.25, -0.2) is 8.42 Å². The monoisotopic (exact) mass is 397 g/mol. The summed E-state index contributed by atoms with van der Waals surface area (Å²) in [5, 5.41) is 0. The van der Waals surface area contributed by atoms with E-state index in [1.54, 1.807) is 12.1 Å². The molecule has 0 saturated heterocycles. The van der Waals surface area contributed by atoms with Crippen LogP contribution >= 0.6 is 11.3 Å². The van der Waals surface area contributed by atoms with Gasteiger partial charge < -0.3 is 4.90 Å². The van der Waals surface area contributed by atoms with Gasteiger partial charge in [0.25, 0.3) is 0 Å². The molecule has 5 heteroatoms. The van der Waals surface area contributed by atoms with Crippen LogP contribution in [0, 0.1) is 0 Å². The first kappa shape index (κ1) is 18.3. The van der Waals surface area contributed by atoms with Crippen molar-refractivity contribution in [2.24, 2.45) is 0 Å². The van der Waals surface area contributed by atoms with E-state index in [9.17, 15) is 8.42 Å². The van der Waals surface area contributed by atoms with Gasteiger partial charge in [-0.3, -0.25) is 0 Å². The zero-order chi connectivity index (χ0) is 19.3. The number of hydrogen-bond acceptors (Lipinski definition) is 4. The number of benzene rings is 2. The third-order valence-corrected chi connectivity index (χ3v) is 8.67. The second-order valence-corrected chi connectivity index (χ2v) is 10.6. The Labute approximate surface area is 165 Å². The Morgan fingerprint density at radius 1 is 0.889 bits per heavy atom. The molecule has 1 aliphatic rings. The molecule has 0 saturated carbocycles. The van der Waals surface area contributed by atoms with Gasteiger partial charge in [0.05, 0.1) is 16.3 Å². The molecule has 2 heterocycles. The van der Waals surface area contributed by atoms with Crippen molar-refractivity contribution in [3.63, 3.8) is 0 Å². The molecule has 0 spiro atoms. The van der Waals surface area contributed by atoms with Crippen molar-refractivity contribution < 1.29 is 8.42 Å². The van der Waals surface area contributed by atoms with E-state index >= 15 is 0 Å². The number of sulfone groups is 1. The minimum atomic E-state index is -3.53. The molecule has 0 N–H and O–H groups in total. The lowest BCUT2D eigenvalue weighted by molar-refractivity contribution is 0.595. The van der Waals surface area contributed by atoms with E-state index in [0.717, 1.165) is 27.4 Å². The minimum absolute atomic E-state index is 0.137. The van der Waals surface area contributed by atoms with Gasteiger partial charge in [0.15, 0.2) is 0 Å². The van der Waals surface area contributed by atoms with Crippen LogP contribution in [-0.4, -0.2) is 14.5 Å². The second kappa shape index (κ2) is 6.50. The number of hydrogen-bond donors (Lipinski definition) is 0. The normalized spacial score (nSPS) is 15.1. The molecule has 1 aliphatic heterocycles. The summed E-state index contributed by atoms with van der Waals surface area (Å²) in [6, 6.07) is 17.6. The molecule has 0 atom stereocenters. The predicted molar refractivity (Wildman–Crippen MR) is 113 cm³/mol. The highest BCUT2D eigenvalue weighted by Gasteiger charge is 2.40. The molecule has 1 aromatic heterocycles. The molecular weight excluding hydrogens is 374 g/mol. The summed E-state index contributed by atoms with van der Waals surface area (Å²) in [5.41, 5.74) is 3.73. The first-order valence-corrected chi connectivity index (χ1v) is 11.5. The van der Waals surface area contributed by atoms with Crippen LogP contribution in [0.1, 0.15) is 38.5 Å². The molecule has 0 amide bonds. The van der Waals surface area contributed by atoms with Gasteiger partial charge in [-0.15, -0.1) is 11.3 Å². The zero-order valence-electron chi connectivity index (χ0n) is 15.9. The molecule has 0 aliphatic carbocycles. The molecule has 4 rings (SSSR count). The molecule has 0 bridgehead atoms. The molecule has 3 nitrogen and oxygen atoms in total. The first-order chi connectivity index (χ1) is 12.8. The van der Waals surface area contributed by atoms with Crippen molar-refractivity contribution in [1.29, 1.82) is 0 Å². The Morgan fingerprint density at radius 3 is 2.15 bits per heavy atom. The summed E-state index contributed by atoms with van der Waals surface area (Å²) in [4.78, 5) is 3.71. The summed E-state index contributed by atoms with van der Waals surface area (Å²) >= 11 is 1.43. The second-order valence-electron chi connectivity index (χ2n) is 7.43. The Hall–Kier alpha value is -2.11. The summed E-state index contributed by atoms with van der Waals surface area (Å²) < 4.78 is 27.4. The topological polar surface area (TPSA) is 37.4 Å². The van der Waals surface area contributed by atoms with Crippen LogP contribution in [0.5, 0.6) is 0 Å². The summed E-state index contributed by atoms with van der Waals surface area (Å²) in [6.07, 6.45) is 0. The maximum Gasteiger partial charge on any atom is 0.220 e. The summed E-state index contributed by atoms with van der Waals surface area (Å²) in [5.74, 6) is 0.239. The zero-order valence-corrected chi connectivity index (χ0v) is 17.6. The van der Waals surface area contributed by atoms with Gasteiger partial charge in [0, 0.05) is 16.5 Å². The minimum Gasteiger partial charge on any atom is -0.336 e. The van der Waals surface area contributed by atoms with Crippen LogP contribution in [0.3, 0.4) is 0 Å². The highest BCUT2D eigenvalue weighted by molar-refractivity contribution is 7.94. The molecule has 2 aromatic carbocycles. The summed E-state index contributed by atoms with van der Waals surface area (Å²) in [6.45, 7) is 8.48. The number of fused-ring (bicyclic) bond motifs is 2. The van der Waals surface area contributed by atoms with Crippen LogP contribution in [-0.2, 0) is 9.84 Å². The molecule has 3 aromatic rings. The molecule has 27 heavy (non-hydrogen) atoms. The van der Waals surface area contributed by atoms with Crippen LogP contribution in [0.4, 0.5) is 11.4 Å². The van der Waals surface area contributed by atoms with E-state index in [0.29, 0.717) is 9.10 Å². The van der Waals surface area contributed by atoms with Crippen LogP contribution in [0.25, 0.3) is 11.1 Å². The van der Waals surface area contributed by atoms with Gasteiger partial charge in [-0.05, 0) is 37.5 Å². The van der Waals surface area contributed by atoms with Crippen molar-refractivity contribution in [3.05, 3.63) is 59.5 Å². The van der Waals surface area contributed by atoms with Crippen LogP contribution in [0.2, 0.25) is 0 Å². The number of para-hydroxylation sites is 1. The van der Waals surface area contributed by atoms with E-state index in [4.69, 9.17) is 0 Å². The van der Waals surface area contributed by atoms with Crippen molar-refractivity contribution in [2.45, 2.75) is 48.8 Å². The highest BCUT2D eigenvalue weighted by Crippen LogP contribution is 2.55. The number of anilines is 2. The maximum atomic E-state index is 13.5. The number of thiophene rings is 1. The van der Waals surface area contributed by atoms with E-state index < -0.39 is 9.84 Å². The Bertz CT molecular complexity index is 1100. The fraction of sp³-hybridized carbons (Fsp3) is 0.273. The number of rotatable bonds is 3. The quantitative estimate of drug-likeness (QED) is 0.525. The lowest BCUT2D eigenvalue weighted by Gasteiger charge is -2.35. The van der Waals surface area contributed by atoms with Crippen LogP contribution < -0.4 is 4.90 Å². The Morgan fingerprint density at radius 2 is 1.52 bits per heavy atom. The highest BCUT2D eigenvalue weighted by atomic mass is 32.2. The average Bonchev–Trinajstić information content (AvgIpc) is 3.04. The molecule has 0 fully saturated rings. The summed E-state index contributed by atoms with van der Waals surface area (Å²) in [7, 11) is -3.53. The van der Waals surface area contributed by atoms with Gasteiger partial charge in [-0.2, -0.15) is 0 Å². The Kier molecular flexibility index (Phi) is 4.40. The first-order valence-electron chi connectivity index (χ1n) is 9.19. The van der Waals surface area contributed by atoms with Gasteiger partial charge in [-0.1, -0.05) is 56.3 Å². The molecule has 140 valence electrons. The van der Waals surface area contributed by atoms with Crippen molar-refractivity contribution in [2.75, 3.05) is 4.90 Å². The average molecular weight is 398 g/mol. The van der Waals surface area contributed by atoms with E-state index in [2.05, 4.69) is 44.7 Å². The maximum absolute atomic E-state index is 13.5. The van der Waals surface area contributed by atoms with Gasteiger partial charge in [0.1, 0.15) is 4.21 Å². The lowest BCUT2D eigenvalue weighted by atomic mass is 9.98. The fourth-order valence-corrected chi connectivity index (χ4v) is 7.13. The van der Waals surface area contributed by atoms with E-state index in [1.807, 2.05) is 30.3 Å². The fourth-order valence-electron chi connectivity index (χ4n) is 3.75. The van der Waals surface area contributed by atoms with E-state index in [-0.39, 0.29) is 12.0 Å². The van der Waals surface area contributed by atoms with Crippen molar-refractivity contribution >= 4 is 32.5 Å². The largest absolute Gasteiger partial charge is 0.336 e. The third-order valence-electron chi connectivity index (χ3n) is 4.88. The molecular formula is C22H23NO2S2. The standard InChI is InChI=1S/C22H23NO2S2/c1-14(2)21-19(16-10-6-5-7-11-16)20-22(26-21)27(24,25)18-13-9-8-12-17(18)23(20)15(3)4/h5-15H,1-4H3. The third kappa shape index (κ3) is 2.72. The van der Waals surface area contributed by atoms with Crippen molar-refractivity contribution in [3.8, 4) is 11.1 Å². The molecule has 0 radical (unpaired) electrons. The smallest absolute Gasteiger partial charge is 0.220 e. The van der Waals surface area contributed by atoms with E-state index in [1.165, 1.54) is 11.3 Å². The SMILES string of the molecule is CC(C)c1sc2c(c1-c1ccccc1)N(C(C)C)c1ccccc1S2(=O)=O. The number of nitrogens with zero attached hydrogens (tertiary/aromatic N) is 1.